The number of amides is 1. The fraction of sp³-hybridized carbons (Fsp3) is 0.231. The highest BCUT2D eigenvalue weighted by molar-refractivity contribution is 5.93. The Kier molecular flexibility index (Phi) is 3.32. The monoisotopic (exact) mass is 244 g/mol. The molecule has 1 aromatic heterocycles. The molecule has 1 aromatic carbocycles. The Morgan fingerprint density at radius 2 is 2.06 bits per heavy atom. The Balaban J connectivity index is 2.02. The lowest BCUT2D eigenvalue weighted by atomic mass is 10.2. The summed E-state index contributed by atoms with van der Waals surface area (Å²) in [6.45, 7) is 2.73. The van der Waals surface area contributed by atoms with Crippen molar-refractivity contribution in [2.45, 2.75) is 13.5 Å². The van der Waals surface area contributed by atoms with Gasteiger partial charge < -0.3 is 11.1 Å². The zero-order valence-electron chi connectivity index (χ0n) is 10.5. The van der Waals surface area contributed by atoms with Crippen LogP contribution < -0.4 is 11.1 Å². The maximum absolute atomic E-state index is 10.9. The zero-order valence-corrected chi connectivity index (χ0v) is 10.5. The number of carbonyl (C=O) groups excluding carboxylic acids is 1. The van der Waals surface area contributed by atoms with Gasteiger partial charge in [0.15, 0.2) is 0 Å². The van der Waals surface area contributed by atoms with Gasteiger partial charge in [-0.3, -0.25) is 9.48 Å². The second-order valence-corrected chi connectivity index (χ2v) is 4.17. The van der Waals surface area contributed by atoms with Gasteiger partial charge in [0.2, 0.25) is 5.91 Å². The molecular weight excluding hydrogens is 228 g/mol. The summed E-state index contributed by atoms with van der Waals surface area (Å²) in [6, 6.07) is 7.10. The van der Waals surface area contributed by atoms with E-state index in [1.165, 1.54) is 0 Å². The molecule has 0 saturated carbocycles. The molecule has 0 fully saturated rings. The summed E-state index contributed by atoms with van der Waals surface area (Å²) in [6.07, 6.45) is 1.85. The van der Waals surface area contributed by atoms with E-state index in [-0.39, 0.29) is 0 Å². The summed E-state index contributed by atoms with van der Waals surface area (Å²) in [5.41, 5.74) is 8.93. The van der Waals surface area contributed by atoms with Crippen molar-refractivity contribution < 1.29 is 4.79 Å². The van der Waals surface area contributed by atoms with Gasteiger partial charge >= 0.3 is 0 Å². The van der Waals surface area contributed by atoms with Gasteiger partial charge in [-0.25, -0.2) is 0 Å². The number of nitrogens with one attached hydrogen (secondary N) is 1. The molecule has 0 aliphatic rings. The molecule has 0 spiro atoms. The van der Waals surface area contributed by atoms with E-state index in [0.29, 0.717) is 12.1 Å². The summed E-state index contributed by atoms with van der Waals surface area (Å²) >= 11 is 0. The van der Waals surface area contributed by atoms with Crippen molar-refractivity contribution >= 4 is 11.6 Å². The largest absolute Gasteiger partial charge is 0.381 e. The lowest BCUT2D eigenvalue weighted by molar-refractivity contribution is 0.100. The number of primary amides is 1. The van der Waals surface area contributed by atoms with Gasteiger partial charge in [-0.2, -0.15) is 5.10 Å². The van der Waals surface area contributed by atoms with Crippen LogP contribution in [-0.2, 0) is 13.6 Å². The second-order valence-electron chi connectivity index (χ2n) is 4.17. The standard InChI is InChI=1S/C13H16N4O/c1-9-11(8-16-17(9)2)7-15-12-5-3-10(4-6-12)13(14)18/h3-6,8,15H,7H2,1-2H3,(H2,14,18). The van der Waals surface area contributed by atoms with Crippen molar-refractivity contribution in [2.24, 2.45) is 12.8 Å². The van der Waals surface area contributed by atoms with E-state index >= 15 is 0 Å². The van der Waals surface area contributed by atoms with Crippen molar-refractivity contribution in [1.82, 2.24) is 9.78 Å². The number of carbonyl (C=O) groups is 1. The third-order valence-corrected chi connectivity index (χ3v) is 2.99. The highest BCUT2D eigenvalue weighted by atomic mass is 16.1. The molecule has 2 rings (SSSR count). The van der Waals surface area contributed by atoms with Gasteiger partial charge in [0.05, 0.1) is 6.20 Å². The molecule has 3 N–H and O–H groups in total. The SMILES string of the molecule is Cc1c(CNc2ccc(C(N)=O)cc2)cnn1C. The number of anilines is 1. The molecule has 94 valence electrons. The highest BCUT2D eigenvalue weighted by Crippen LogP contribution is 2.12. The predicted molar refractivity (Wildman–Crippen MR) is 70.2 cm³/mol. The molecule has 0 atom stereocenters. The minimum absolute atomic E-state index is 0.412. The van der Waals surface area contributed by atoms with Gasteiger partial charge in [0.25, 0.3) is 0 Å². The third kappa shape index (κ3) is 2.51. The van der Waals surface area contributed by atoms with E-state index in [9.17, 15) is 4.79 Å². The van der Waals surface area contributed by atoms with Crippen LogP contribution in [0, 0.1) is 6.92 Å². The quantitative estimate of drug-likeness (QED) is 0.854. The molecule has 0 saturated heterocycles. The summed E-state index contributed by atoms with van der Waals surface area (Å²) < 4.78 is 1.84. The van der Waals surface area contributed by atoms with Crippen LogP contribution in [0.5, 0.6) is 0 Å². The molecule has 0 bridgehead atoms. The second kappa shape index (κ2) is 4.91. The Morgan fingerprint density at radius 1 is 1.39 bits per heavy atom. The summed E-state index contributed by atoms with van der Waals surface area (Å²) in [5, 5.41) is 7.46. The Hall–Kier alpha value is -2.30. The first kappa shape index (κ1) is 12.2. The number of benzene rings is 1. The summed E-state index contributed by atoms with van der Waals surface area (Å²) in [5.74, 6) is -0.412. The Bertz CT molecular complexity index is 557. The number of hydrogen-bond acceptors (Lipinski definition) is 3. The van der Waals surface area contributed by atoms with E-state index in [2.05, 4.69) is 10.4 Å². The Labute approximate surface area is 106 Å². The fourth-order valence-electron chi connectivity index (χ4n) is 1.67. The maximum atomic E-state index is 10.9. The van der Waals surface area contributed by atoms with Crippen LogP contribution in [0.4, 0.5) is 5.69 Å². The number of rotatable bonds is 4. The molecule has 0 unspecified atom stereocenters. The fourth-order valence-corrected chi connectivity index (χ4v) is 1.67. The first-order valence-corrected chi connectivity index (χ1v) is 5.69. The molecule has 5 heteroatoms. The molecular formula is C13H16N4O. The summed E-state index contributed by atoms with van der Waals surface area (Å²) in [4.78, 5) is 10.9. The molecule has 0 radical (unpaired) electrons. The van der Waals surface area contributed by atoms with Crippen molar-refractivity contribution in [3.05, 3.63) is 47.3 Å². The lowest BCUT2D eigenvalue weighted by Gasteiger charge is -2.06. The van der Waals surface area contributed by atoms with Crippen molar-refractivity contribution in [1.29, 1.82) is 0 Å². The molecule has 5 nitrogen and oxygen atoms in total. The van der Waals surface area contributed by atoms with Crippen LogP contribution in [-0.4, -0.2) is 15.7 Å². The minimum atomic E-state index is -0.412. The number of nitrogens with zero attached hydrogens (tertiary/aromatic N) is 2. The predicted octanol–water partition coefficient (Wildman–Crippen LogP) is 1.44. The summed E-state index contributed by atoms with van der Waals surface area (Å²) in [7, 11) is 1.92. The van der Waals surface area contributed by atoms with Crippen LogP contribution in [0.15, 0.2) is 30.5 Å². The van der Waals surface area contributed by atoms with E-state index in [0.717, 1.165) is 16.9 Å². The molecule has 1 amide bonds. The zero-order chi connectivity index (χ0) is 13.1. The number of aromatic nitrogens is 2. The maximum Gasteiger partial charge on any atom is 0.248 e. The van der Waals surface area contributed by atoms with E-state index in [4.69, 9.17) is 5.73 Å². The van der Waals surface area contributed by atoms with Gasteiger partial charge in [-0.05, 0) is 31.2 Å². The Morgan fingerprint density at radius 3 is 2.56 bits per heavy atom. The third-order valence-electron chi connectivity index (χ3n) is 2.99. The normalized spacial score (nSPS) is 10.3. The molecule has 0 aliphatic carbocycles. The van der Waals surface area contributed by atoms with Crippen LogP contribution in [0.25, 0.3) is 0 Å². The lowest BCUT2D eigenvalue weighted by Crippen LogP contribution is -2.10. The highest BCUT2D eigenvalue weighted by Gasteiger charge is 2.03. The molecule has 18 heavy (non-hydrogen) atoms. The van der Waals surface area contributed by atoms with Crippen molar-refractivity contribution in [3.63, 3.8) is 0 Å². The van der Waals surface area contributed by atoms with E-state index in [1.54, 1.807) is 12.1 Å². The average Bonchev–Trinajstić information content (AvgIpc) is 2.68. The van der Waals surface area contributed by atoms with Gasteiger partial charge in [-0.1, -0.05) is 0 Å². The number of nitrogens with two attached hydrogens (primary N) is 1. The molecule has 0 aliphatic heterocycles. The van der Waals surface area contributed by atoms with Gasteiger partial charge in [-0.15, -0.1) is 0 Å². The van der Waals surface area contributed by atoms with E-state index in [1.807, 2.05) is 37.0 Å². The number of aryl methyl sites for hydroxylation is 1. The smallest absolute Gasteiger partial charge is 0.248 e. The van der Waals surface area contributed by atoms with Crippen molar-refractivity contribution in [2.75, 3.05) is 5.32 Å². The molecule has 2 aromatic rings. The van der Waals surface area contributed by atoms with Gasteiger partial charge in [0.1, 0.15) is 0 Å². The molecule has 1 heterocycles. The minimum Gasteiger partial charge on any atom is -0.381 e. The van der Waals surface area contributed by atoms with Crippen LogP contribution in [0.1, 0.15) is 21.6 Å². The van der Waals surface area contributed by atoms with E-state index < -0.39 is 5.91 Å². The first-order valence-electron chi connectivity index (χ1n) is 5.69. The van der Waals surface area contributed by atoms with Crippen LogP contribution in [0.3, 0.4) is 0 Å². The van der Waals surface area contributed by atoms with Crippen molar-refractivity contribution in [3.8, 4) is 0 Å². The topological polar surface area (TPSA) is 72.9 Å². The first-order chi connectivity index (χ1) is 8.58. The van der Waals surface area contributed by atoms with Crippen LogP contribution >= 0.6 is 0 Å². The van der Waals surface area contributed by atoms with Gasteiger partial charge in [0, 0.05) is 36.1 Å². The number of hydrogen-bond donors (Lipinski definition) is 2. The average molecular weight is 244 g/mol. The van der Waals surface area contributed by atoms with Crippen LogP contribution in [0.2, 0.25) is 0 Å².